The molecule has 3 amide bonds. The van der Waals surface area contributed by atoms with E-state index in [9.17, 15) is 24.3 Å². The number of aliphatic hydroxyl groups is 1. The number of nitrogens with zero attached hydrogens (tertiary/aromatic N) is 1. The van der Waals surface area contributed by atoms with Crippen LogP contribution < -0.4 is 10.6 Å². The number of hydrogen-bond acceptors (Lipinski definition) is 6. The van der Waals surface area contributed by atoms with E-state index >= 15 is 0 Å². The highest BCUT2D eigenvalue weighted by Gasteiger charge is 2.43. The van der Waals surface area contributed by atoms with Crippen LogP contribution in [0.2, 0.25) is 0 Å². The average Bonchev–Trinajstić information content (AvgIpc) is 3.10. The molecule has 32 heavy (non-hydrogen) atoms. The SMILES string of the molecule is O=C1C[C@H](NC(=O)[C@@H]2CCC[C@@H]3CC=CC[C@H](NC(=O)c4ccccc4)C(=O)N32)C(O)O1. The van der Waals surface area contributed by atoms with Crippen LogP contribution in [-0.2, 0) is 19.1 Å². The van der Waals surface area contributed by atoms with Crippen molar-refractivity contribution in [2.24, 2.45) is 0 Å². The van der Waals surface area contributed by atoms with Gasteiger partial charge in [-0.25, -0.2) is 0 Å². The van der Waals surface area contributed by atoms with E-state index in [0.29, 0.717) is 24.8 Å². The molecule has 170 valence electrons. The molecule has 0 radical (unpaired) electrons. The average molecular weight is 441 g/mol. The lowest BCUT2D eigenvalue weighted by Gasteiger charge is -2.43. The van der Waals surface area contributed by atoms with E-state index in [2.05, 4.69) is 10.6 Å². The Hall–Kier alpha value is -3.20. The Morgan fingerprint density at radius 3 is 2.50 bits per heavy atom. The van der Waals surface area contributed by atoms with Gasteiger partial charge in [-0.1, -0.05) is 30.4 Å². The second kappa shape index (κ2) is 9.52. The fourth-order valence-corrected chi connectivity index (χ4v) is 4.57. The molecule has 3 aliphatic heterocycles. The molecule has 3 N–H and O–H groups in total. The van der Waals surface area contributed by atoms with Crippen molar-refractivity contribution in [3.63, 3.8) is 0 Å². The highest BCUT2D eigenvalue weighted by atomic mass is 16.6. The van der Waals surface area contributed by atoms with Gasteiger partial charge >= 0.3 is 5.97 Å². The summed E-state index contributed by atoms with van der Waals surface area (Å²) in [4.78, 5) is 52.3. The van der Waals surface area contributed by atoms with Gasteiger partial charge in [0.2, 0.25) is 18.1 Å². The topological polar surface area (TPSA) is 125 Å². The fourth-order valence-electron chi connectivity index (χ4n) is 4.57. The van der Waals surface area contributed by atoms with E-state index in [1.54, 1.807) is 29.2 Å². The van der Waals surface area contributed by atoms with Gasteiger partial charge in [-0.05, 0) is 44.2 Å². The Morgan fingerprint density at radius 1 is 1.03 bits per heavy atom. The number of benzene rings is 1. The summed E-state index contributed by atoms with van der Waals surface area (Å²) in [5.41, 5.74) is 0.454. The maximum atomic E-state index is 13.5. The minimum atomic E-state index is -1.39. The number of cyclic esters (lactones) is 1. The van der Waals surface area contributed by atoms with E-state index < -0.39 is 36.3 Å². The van der Waals surface area contributed by atoms with Crippen molar-refractivity contribution in [3.8, 4) is 0 Å². The first-order valence-corrected chi connectivity index (χ1v) is 10.9. The van der Waals surface area contributed by atoms with Crippen LogP contribution in [-0.4, -0.2) is 64.2 Å². The number of aliphatic hydroxyl groups excluding tert-OH is 1. The molecule has 2 saturated heterocycles. The summed E-state index contributed by atoms with van der Waals surface area (Å²) in [7, 11) is 0. The molecule has 5 atom stereocenters. The van der Waals surface area contributed by atoms with Crippen LogP contribution in [0.1, 0.15) is 48.9 Å². The quantitative estimate of drug-likeness (QED) is 0.465. The van der Waals surface area contributed by atoms with Crippen LogP contribution in [0, 0.1) is 0 Å². The number of fused-ring (bicyclic) bond motifs is 1. The molecule has 9 heteroatoms. The van der Waals surface area contributed by atoms with Gasteiger partial charge in [0, 0.05) is 11.6 Å². The van der Waals surface area contributed by atoms with Crippen molar-refractivity contribution < 1.29 is 29.0 Å². The first-order chi connectivity index (χ1) is 15.4. The molecule has 1 unspecified atom stereocenters. The summed E-state index contributed by atoms with van der Waals surface area (Å²) in [6, 6.07) is 6.12. The number of amides is 3. The van der Waals surface area contributed by atoms with Crippen LogP contribution in [0.25, 0.3) is 0 Å². The predicted molar refractivity (Wildman–Crippen MR) is 113 cm³/mol. The minimum absolute atomic E-state index is 0.116. The van der Waals surface area contributed by atoms with Crippen molar-refractivity contribution in [2.45, 2.75) is 69.0 Å². The number of carbonyl (C=O) groups excluding carboxylic acids is 4. The summed E-state index contributed by atoms with van der Waals surface area (Å²) in [5.74, 6) is -1.66. The Bertz CT molecular complexity index is 918. The molecule has 0 spiro atoms. The number of rotatable bonds is 4. The number of esters is 1. The van der Waals surface area contributed by atoms with Gasteiger partial charge in [0.05, 0.1) is 6.42 Å². The van der Waals surface area contributed by atoms with E-state index in [-0.39, 0.29) is 24.3 Å². The van der Waals surface area contributed by atoms with Gasteiger partial charge in [-0.2, -0.15) is 0 Å². The normalized spacial score (nSPS) is 30.0. The van der Waals surface area contributed by atoms with Crippen LogP contribution >= 0.6 is 0 Å². The molecule has 0 bridgehead atoms. The van der Waals surface area contributed by atoms with Crippen LogP contribution in [0.15, 0.2) is 42.5 Å². The first kappa shape index (κ1) is 22.0. The zero-order chi connectivity index (χ0) is 22.7. The largest absolute Gasteiger partial charge is 0.434 e. The second-order valence-corrected chi connectivity index (χ2v) is 8.38. The third-order valence-corrected chi connectivity index (χ3v) is 6.20. The summed E-state index contributed by atoms with van der Waals surface area (Å²) < 4.78 is 4.69. The van der Waals surface area contributed by atoms with Gasteiger partial charge in [0.15, 0.2) is 0 Å². The molecule has 0 aromatic heterocycles. The van der Waals surface area contributed by atoms with E-state index in [0.717, 1.165) is 12.8 Å². The zero-order valence-electron chi connectivity index (χ0n) is 17.6. The van der Waals surface area contributed by atoms with E-state index in [1.807, 2.05) is 18.2 Å². The smallest absolute Gasteiger partial charge is 0.310 e. The summed E-state index contributed by atoms with van der Waals surface area (Å²) >= 11 is 0. The fraction of sp³-hybridized carbons (Fsp3) is 0.478. The standard InChI is InChI=1S/C23H27N3O6/c27-19-13-17(23(31)32-19)25-21(29)18-12-6-10-15-9-4-5-11-16(22(30)26(15)18)24-20(28)14-7-2-1-3-8-14/h1-5,7-8,15-18,23,31H,6,9-13H2,(H,24,28)(H,25,29)/t15-,16-,17-,18-,23?/m0/s1. The summed E-state index contributed by atoms with van der Waals surface area (Å²) in [6.45, 7) is 0. The molecule has 3 heterocycles. The van der Waals surface area contributed by atoms with E-state index in [4.69, 9.17) is 4.74 Å². The van der Waals surface area contributed by atoms with Crippen LogP contribution in [0.5, 0.6) is 0 Å². The molecular formula is C23H27N3O6. The highest BCUT2D eigenvalue weighted by molar-refractivity contribution is 5.98. The van der Waals surface area contributed by atoms with Crippen molar-refractivity contribution in [1.29, 1.82) is 0 Å². The van der Waals surface area contributed by atoms with Gasteiger partial charge in [-0.15, -0.1) is 0 Å². The highest BCUT2D eigenvalue weighted by Crippen LogP contribution is 2.29. The van der Waals surface area contributed by atoms with Crippen LogP contribution in [0.3, 0.4) is 0 Å². The number of carbonyl (C=O) groups is 4. The third kappa shape index (κ3) is 4.67. The molecule has 4 rings (SSSR count). The predicted octanol–water partition coefficient (Wildman–Crippen LogP) is 0.635. The number of nitrogens with one attached hydrogen (secondary N) is 2. The second-order valence-electron chi connectivity index (χ2n) is 8.38. The van der Waals surface area contributed by atoms with Crippen molar-refractivity contribution in [1.82, 2.24) is 15.5 Å². The molecule has 3 aliphatic rings. The molecule has 2 fully saturated rings. The molecule has 0 saturated carbocycles. The lowest BCUT2D eigenvalue weighted by Crippen LogP contribution is -2.62. The Morgan fingerprint density at radius 2 is 1.78 bits per heavy atom. The molecular weight excluding hydrogens is 414 g/mol. The van der Waals surface area contributed by atoms with Gasteiger partial charge in [0.25, 0.3) is 5.91 Å². The van der Waals surface area contributed by atoms with Crippen molar-refractivity contribution in [2.75, 3.05) is 0 Å². The Kier molecular flexibility index (Phi) is 6.55. The van der Waals surface area contributed by atoms with Gasteiger partial charge in [-0.3, -0.25) is 19.2 Å². The maximum absolute atomic E-state index is 13.5. The number of ether oxygens (including phenoxy) is 1. The lowest BCUT2D eigenvalue weighted by atomic mass is 9.90. The molecule has 1 aromatic rings. The lowest BCUT2D eigenvalue weighted by molar-refractivity contribution is -0.156. The maximum Gasteiger partial charge on any atom is 0.310 e. The summed E-state index contributed by atoms with van der Waals surface area (Å²) in [6.07, 6.45) is 5.32. The van der Waals surface area contributed by atoms with Gasteiger partial charge < -0.3 is 25.4 Å². The van der Waals surface area contributed by atoms with Crippen LogP contribution in [0.4, 0.5) is 0 Å². The molecule has 0 aliphatic carbocycles. The zero-order valence-corrected chi connectivity index (χ0v) is 17.6. The molecule has 1 aromatic carbocycles. The Labute approximate surface area is 185 Å². The van der Waals surface area contributed by atoms with Crippen molar-refractivity contribution in [3.05, 3.63) is 48.0 Å². The minimum Gasteiger partial charge on any atom is -0.434 e. The van der Waals surface area contributed by atoms with E-state index in [1.165, 1.54) is 0 Å². The van der Waals surface area contributed by atoms with Gasteiger partial charge in [0.1, 0.15) is 18.1 Å². The number of piperidine rings is 1. The first-order valence-electron chi connectivity index (χ1n) is 10.9. The third-order valence-electron chi connectivity index (χ3n) is 6.20. The molecule has 9 nitrogen and oxygen atoms in total. The number of hydrogen-bond donors (Lipinski definition) is 3. The Balaban J connectivity index is 1.52. The van der Waals surface area contributed by atoms with Crippen molar-refractivity contribution >= 4 is 23.7 Å². The monoisotopic (exact) mass is 441 g/mol. The summed E-state index contributed by atoms with van der Waals surface area (Å²) in [5, 5.41) is 15.3.